The molecule has 1 aromatic carbocycles. The molecule has 0 atom stereocenters. The molecule has 1 fully saturated rings. The average Bonchev–Trinajstić information content (AvgIpc) is 3.12. The van der Waals surface area contributed by atoms with Crippen molar-refractivity contribution in [1.82, 2.24) is 18.9 Å². The second kappa shape index (κ2) is 6.86. The Labute approximate surface area is 157 Å². The molecule has 1 saturated heterocycles. The van der Waals surface area contributed by atoms with Crippen LogP contribution in [0.4, 0.5) is 0 Å². The van der Waals surface area contributed by atoms with Gasteiger partial charge in [-0.25, -0.2) is 8.42 Å². The summed E-state index contributed by atoms with van der Waals surface area (Å²) >= 11 is 0. The third-order valence-electron chi connectivity index (χ3n) is 5.04. The largest absolute Gasteiger partial charge is 0.295 e. The Morgan fingerprint density at radius 3 is 2.59 bits per heavy atom. The number of piperidine rings is 1. The van der Waals surface area contributed by atoms with Crippen molar-refractivity contribution in [2.24, 2.45) is 0 Å². The number of fused-ring (bicyclic) bond motifs is 1. The van der Waals surface area contributed by atoms with Gasteiger partial charge in [-0.2, -0.15) is 4.31 Å². The molecule has 7 nitrogen and oxygen atoms in total. The summed E-state index contributed by atoms with van der Waals surface area (Å²) in [5.41, 5.74) is 1.20. The standard InChI is InChI=1S/C19H20N4O3S/c1-14(24)16-5-4-6-17(13-16)27(25,26)22-11-8-15(9-12-22)19-21-20-18-7-2-3-10-23(18)19/h2-7,10,13,15H,8-9,11-12H2,1H3. The van der Waals surface area contributed by atoms with Crippen LogP contribution >= 0.6 is 0 Å². The molecule has 0 unspecified atom stereocenters. The Bertz CT molecular complexity index is 1100. The maximum atomic E-state index is 12.9. The lowest BCUT2D eigenvalue weighted by Crippen LogP contribution is -2.38. The average molecular weight is 384 g/mol. The van der Waals surface area contributed by atoms with Gasteiger partial charge < -0.3 is 0 Å². The van der Waals surface area contributed by atoms with E-state index in [0.29, 0.717) is 31.5 Å². The summed E-state index contributed by atoms with van der Waals surface area (Å²) in [7, 11) is -3.61. The molecule has 0 saturated carbocycles. The van der Waals surface area contributed by atoms with Crippen LogP contribution in [0.25, 0.3) is 5.65 Å². The maximum Gasteiger partial charge on any atom is 0.243 e. The predicted octanol–water partition coefficient (Wildman–Crippen LogP) is 2.50. The molecule has 2 aromatic heterocycles. The number of carbonyl (C=O) groups excluding carboxylic acids is 1. The number of sulfonamides is 1. The molecule has 0 radical (unpaired) electrons. The Hall–Kier alpha value is -2.58. The van der Waals surface area contributed by atoms with E-state index < -0.39 is 10.0 Å². The van der Waals surface area contributed by atoms with Crippen molar-refractivity contribution in [3.8, 4) is 0 Å². The van der Waals surface area contributed by atoms with E-state index in [1.54, 1.807) is 18.2 Å². The first kappa shape index (κ1) is 17.8. The Morgan fingerprint density at radius 2 is 1.85 bits per heavy atom. The number of ketones is 1. The fraction of sp³-hybridized carbons (Fsp3) is 0.316. The second-order valence-electron chi connectivity index (χ2n) is 6.75. The fourth-order valence-corrected chi connectivity index (χ4v) is 5.03. The van der Waals surface area contributed by atoms with Crippen LogP contribution in [-0.4, -0.2) is 46.2 Å². The maximum absolute atomic E-state index is 12.9. The van der Waals surface area contributed by atoms with E-state index in [4.69, 9.17) is 0 Å². The fourth-order valence-electron chi connectivity index (χ4n) is 3.52. The molecule has 27 heavy (non-hydrogen) atoms. The van der Waals surface area contributed by atoms with E-state index >= 15 is 0 Å². The normalized spacial score (nSPS) is 16.6. The number of Topliss-reactive ketones (excluding diaryl/α,β-unsaturated/α-hetero) is 1. The van der Waals surface area contributed by atoms with Crippen molar-refractivity contribution in [3.63, 3.8) is 0 Å². The van der Waals surface area contributed by atoms with E-state index in [2.05, 4.69) is 10.2 Å². The molecule has 0 amide bonds. The number of hydrogen-bond acceptors (Lipinski definition) is 5. The summed E-state index contributed by atoms with van der Waals surface area (Å²) in [5, 5.41) is 8.49. The van der Waals surface area contributed by atoms with E-state index in [1.807, 2.05) is 28.8 Å². The third kappa shape index (κ3) is 3.26. The first-order valence-corrected chi connectivity index (χ1v) is 10.3. The van der Waals surface area contributed by atoms with Crippen LogP contribution in [-0.2, 0) is 10.0 Å². The van der Waals surface area contributed by atoms with Crippen LogP contribution in [0.15, 0.2) is 53.6 Å². The highest BCUT2D eigenvalue weighted by molar-refractivity contribution is 7.89. The lowest BCUT2D eigenvalue weighted by atomic mass is 9.97. The molecular weight excluding hydrogens is 364 g/mol. The van der Waals surface area contributed by atoms with Gasteiger partial charge >= 0.3 is 0 Å². The summed E-state index contributed by atoms with van der Waals surface area (Å²) in [4.78, 5) is 11.7. The van der Waals surface area contributed by atoms with Crippen molar-refractivity contribution in [2.75, 3.05) is 13.1 Å². The second-order valence-corrected chi connectivity index (χ2v) is 8.69. The highest BCUT2D eigenvalue weighted by atomic mass is 32.2. The summed E-state index contributed by atoms with van der Waals surface area (Å²) in [5.74, 6) is 0.892. The van der Waals surface area contributed by atoms with Gasteiger partial charge in [0.2, 0.25) is 10.0 Å². The highest BCUT2D eigenvalue weighted by Crippen LogP contribution is 2.30. The van der Waals surface area contributed by atoms with Crippen molar-refractivity contribution in [3.05, 3.63) is 60.0 Å². The highest BCUT2D eigenvalue weighted by Gasteiger charge is 2.31. The summed E-state index contributed by atoms with van der Waals surface area (Å²) in [6.07, 6.45) is 3.30. The smallest absolute Gasteiger partial charge is 0.243 e. The van der Waals surface area contributed by atoms with E-state index in [0.717, 1.165) is 11.5 Å². The van der Waals surface area contributed by atoms with Gasteiger partial charge in [0.05, 0.1) is 4.90 Å². The van der Waals surface area contributed by atoms with Gasteiger partial charge in [0.1, 0.15) is 5.82 Å². The summed E-state index contributed by atoms with van der Waals surface area (Å²) in [6, 6.07) is 12.0. The van der Waals surface area contributed by atoms with Crippen LogP contribution in [0.5, 0.6) is 0 Å². The molecule has 3 aromatic rings. The van der Waals surface area contributed by atoms with Gasteiger partial charge in [0.25, 0.3) is 0 Å². The lowest BCUT2D eigenvalue weighted by Gasteiger charge is -2.30. The third-order valence-corrected chi connectivity index (χ3v) is 6.93. The number of carbonyl (C=O) groups is 1. The zero-order valence-corrected chi connectivity index (χ0v) is 15.8. The molecule has 140 valence electrons. The molecule has 0 N–H and O–H groups in total. The number of pyridine rings is 1. The van der Waals surface area contributed by atoms with Gasteiger partial charge in [0.15, 0.2) is 11.4 Å². The Balaban J connectivity index is 1.53. The monoisotopic (exact) mass is 384 g/mol. The molecular formula is C19H20N4O3S. The molecule has 1 aliphatic heterocycles. The minimum atomic E-state index is -3.61. The lowest BCUT2D eigenvalue weighted by molar-refractivity contribution is 0.101. The van der Waals surface area contributed by atoms with Crippen molar-refractivity contribution >= 4 is 21.5 Å². The number of nitrogens with zero attached hydrogens (tertiary/aromatic N) is 4. The van der Waals surface area contributed by atoms with Crippen molar-refractivity contribution < 1.29 is 13.2 Å². The van der Waals surface area contributed by atoms with Crippen LogP contribution < -0.4 is 0 Å². The van der Waals surface area contributed by atoms with Crippen molar-refractivity contribution in [1.29, 1.82) is 0 Å². The number of aromatic nitrogens is 3. The summed E-state index contributed by atoms with van der Waals surface area (Å²) < 4.78 is 29.4. The van der Waals surface area contributed by atoms with Gasteiger partial charge in [-0.3, -0.25) is 9.20 Å². The topological polar surface area (TPSA) is 84.6 Å². The number of rotatable bonds is 4. The van der Waals surface area contributed by atoms with Crippen LogP contribution in [0.1, 0.15) is 41.9 Å². The SMILES string of the molecule is CC(=O)c1cccc(S(=O)(=O)N2CCC(c3nnc4ccccn34)CC2)c1. The zero-order chi connectivity index (χ0) is 19.0. The predicted molar refractivity (Wildman–Crippen MR) is 100 cm³/mol. The quantitative estimate of drug-likeness (QED) is 0.645. The molecule has 0 aliphatic carbocycles. The van der Waals surface area contributed by atoms with Crippen LogP contribution in [0, 0.1) is 0 Å². The number of benzene rings is 1. The molecule has 4 rings (SSSR count). The Morgan fingerprint density at radius 1 is 1.07 bits per heavy atom. The van der Waals surface area contributed by atoms with E-state index in [-0.39, 0.29) is 16.6 Å². The minimum absolute atomic E-state index is 0.149. The first-order chi connectivity index (χ1) is 13.0. The molecule has 3 heterocycles. The molecule has 8 heteroatoms. The van der Waals surface area contributed by atoms with E-state index in [9.17, 15) is 13.2 Å². The zero-order valence-electron chi connectivity index (χ0n) is 14.9. The van der Waals surface area contributed by atoms with Gasteiger partial charge in [-0.1, -0.05) is 18.2 Å². The van der Waals surface area contributed by atoms with Crippen LogP contribution in [0.3, 0.4) is 0 Å². The molecule has 0 spiro atoms. The number of hydrogen-bond donors (Lipinski definition) is 0. The van der Waals surface area contributed by atoms with Crippen LogP contribution in [0.2, 0.25) is 0 Å². The molecule has 1 aliphatic rings. The Kier molecular flexibility index (Phi) is 4.53. The molecule has 0 bridgehead atoms. The first-order valence-electron chi connectivity index (χ1n) is 8.87. The van der Waals surface area contributed by atoms with Gasteiger partial charge in [-0.05, 0) is 44.0 Å². The minimum Gasteiger partial charge on any atom is -0.295 e. The van der Waals surface area contributed by atoms with Gasteiger partial charge in [0, 0.05) is 30.8 Å². The van der Waals surface area contributed by atoms with Crippen molar-refractivity contribution in [2.45, 2.75) is 30.6 Å². The van der Waals surface area contributed by atoms with Gasteiger partial charge in [-0.15, -0.1) is 10.2 Å². The summed E-state index contributed by atoms with van der Waals surface area (Å²) in [6.45, 7) is 2.26. The van der Waals surface area contributed by atoms with E-state index in [1.165, 1.54) is 17.3 Å².